The van der Waals surface area contributed by atoms with Gasteiger partial charge in [-0.15, -0.1) is 0 Å². The Morgan fingerprint density at radius 3 is 2.04 bits per heavy atom. The van der Waals surface area contributed by atoms with Crippen LogP contribution in [-0.4, -0.2) is 10.0 Å². The molecule has 0 radical (unpaired) electrons. The van der Waals surface area contributed by atoms with E-state index < -0.39 is 4.92 Å². The molecule has 2 aromatic rings. The lowest BCUT2D eigenvalue weighted by molar-refractivity contribution is -0.385. The van der Waals surface area contributed by atoms with Gasteiger partial charge in [0, 0.05) is 6.07 Å². The number of aromatic hydroxyl groups is 1. The Hall–Kier alpha value is -2.36. The van der Waals surface area contributed by atoms with Crippen LogP contribution in [0, 0.1) is 10.1 Å². The predicted molar refractivity (Wildman–Crippen MR) is 107 cm³/mol. The Labute approximate surface area is 156 Å². The zero-order valence-corrected chi connectivity index (χ0v) is 15.6. The van der Waals surface area contributed by atoms with E-state index in [4.69, 9.17) is 0 Å². The lowest BCUT2D eigenvalue weighted by Gasteiger charge is -2.06. The average Bonchev–Trinajstić information content (AvgIpc) is 2.64. The highest BCUT2D eigenvalue weighted by molar-refractivity contribution is 5.68. The van der Waals surface area contributed by atoms with Crippen molar-refractivity contribution in [3.63, 3.8) is 0 Å². The van der Waals surface area contributed by atoms with Crippen molar-refractivity contribution in [2.45, 2.75) is 64.7 Å². The number of phenols is 1. The summed E-state index contributed by atoms with van der Waals surface area (Å²) < 4.78 is 0. The first kappa shape index (κ1) is 20.0. The first-order chi connectivity index (χ1) is 12.6. The van der Waals surface area contributed by atoms with Crippen LogP contribution >= 0.6 is 0 Å². The molecule has 0 saturated carbocycles. The summed E-state index contributed by atoms with van der Waals surface area (Å²) >= 11 is 0. The van der Waals surface area contributed by atoms with Crippen LogP contribution in [0.25, 0.3) is 11.1 Å². The van der Waals surface area contributed by atoms with Crippen molar-refractivity contribution >= 4 is 5.69 Å². The average molecular weight is 355 g/mol. The summed E-state index contributed by atoms with van der Waals surface area (Å²) in [7, 11) is 0. The second-order valence-electron chi connectivity index (χ2n) is 6.88. The number of hydrogen-bond donors (Lipinski definition) is 1. The minimum absolute atomic E-state index is 0.259. The molecule has 0 aromatic heterocycles. The van der Waals surface area contributed by atoms with Crippen LogP contribution in [0.3, 0.4) is 0 Å². The Morgan fingerprint density at radius 2 is 1.42 bits per heavy atom. The molecule has 0 aliphatic rings. The molecule has 0 saturated heterocycles. The highest BCUT2D eigenvalue weighted by Gasteiger charge is 2.14. The largest absolute Gasteiger partial charge is 0.502 e. The van der Waals surface area contributed by atoms with Crippen molar-refractivity contribution in [2.24, 2.45) is 0 Å². The van der Waals surface area contributed by atoms with E-state index in [1.165, 1.54) is 69.1 Å². The van der Waals surface area contributed by atoms with Crippen molar-refractivity contribution in [3.8, 4) is 16.9 Å². The van der Waals surface area contributed by atoms with Crippen LogP contribution in [-0.2, 0) is 6.42 Å². The predicted octanol–water partition coefficient (Wildman–Crippen LogP) is 6.65. The smallest absolute Gasteiger partial charge is 0.311 e. The molecule has 0 bridgehead atoms. The number of rotatable bonds is 11. The fourth-order valence-electron chi connectivity index (χ4n) is 3.18. The van der Waals surface area contributed by atoms with E-state index in [1.54, 1.807) is 6.07 Å². The summed E-state index contributed by atoms with van der Waals surface area (Å²) in [5.41, 5.74) is 2.71. The molecule has 2 rings (SSSR count). The molecule has 0 heterocycles. The molecule has 0 aliphatic heterocycles. The third-order valence-corrected chi connectivity index (χ3v) is 4.78. The molecule has 0 spiro atoms. The van der Waals surface area contributed by atoms with Crippen LogP contribution in [0.5, 0.6) is 5.75 Å². The molecular formula is C22H29NO3. The molecule has 140 valence electrons. The summed E-state index contributed by atoms with van der Waals surface area (Å²) in [6.07, 6.45) is 11.6. The Kier molecular flexibility index (Phi) is 8.13. The van der Waals surface area contributed by atoms with Gasteiger partial charge in [0.25, 0.3) is 0 Å². The van der Waals surface area contributed by atoms with Crippen molar-refractivity contribution in [2.75, 3.05) is 0 Å². The van der Waals surface area contributed by atoms with E-state index in [-0.39, 0.29) is 11.4 Å². The van der Waals surface area contributed by atoms with Gasteiger partial charge in [0.2, 0.25) is 0 Å². The van der Waals surface area contributed by atoms with E-state index in [2.05, 4.69) is 19.1 Å². The molecule has 2 aromatic carbocycles. The van der Waals surface area contributed by atoms with Crippen LogP contribution < -0.4 is 0 Å². The number of hydrogen-bond acceptors (Lipinski definition) is 3. The van der Waals surface area contributed by atoms with Gasteiger partial charge in [0.05, 0.1) is 4.92 Å². The first-order valence-corrected chi connectivity index (χ1v) is 9.68. The molecule has 26 heavy (non-hydrogen) atoms. The zero-order chi connectivity index (χ0) is 18.8. The Bertz CT molecular complexity index is 695. The van der Waals surface area contributed by atoms with Gasteiger partial charge in [-0.25, -0.2) is 0 Å². The number of phenolic OH excluding ortho intramolecular Hbond substituents is 1. The van der Waals surface area contributed by atoms with Gasteiger partial charge in [0.15, 0.2) is 5.75 Å². The monoisotopic (exact) mass is 355 g/mol. The van der Waals surface area contributed by atoms with E-state index in [1.807, 2.05) is 12.1 Å². The van der Waals surface area contributed by atoms with Gasteiger partial charge >= 0.3 is 5.69 Å². The minimum atomic E-state index is -0.560. The van der Waals surface area contributed by atoms with E-state index >= 15 is 0 Å². The molecule has 1 N–H and O–H groups in total. The highest BCUT2D eigenvalue weighted by atomic mass is 16.6. The summed E-state index contributed by atoms with van der Waals surface area (Å²) in [4.78, 5) is 10.4. The number of nitrogens with zero attached hydrogens (tertiary/aromatic N) is 1. The standard InChI is InChI=1S/C22H29NO3/c1-2-3-4-5-6-7-8-9-10-18-11-13-19(14-12-18)20-15-16-22(24)21(17-20)23(25)26/h11-17,24H,2-10H2,1H3. The lowest BCUT2D eigenvalue weighted by atomic mass is 10.00. The quantitative estimate of drug-likeness (QED) is 0.279. The van der Waals surface area contributed by atoms with E-state index in [0.717, 1.165) is 17.5 Å². The fraction of sp³-hybridized carbons (Fsp3) is 0.455. The zero-order valence-electron chi connectivity index (χ0n) is 15.6. The summed E-state index contributed by atoms with van der Waals surface area (Å²) in [5, 5.41) is 20.5. The van der Waals surface area contributed by atoms with Gasteiger partial charge in [-0.2, -0.15) is 0 Å². The third-order valence-electron chi connectivity index (χ3n) is 4.78. The van der Waals surface area contributed by atoms with Gasteiger partial charge in [0.1, 0.15) is 0 Å². The molecule has 0 fully saturated rings. The SMILES string of the molecule is CCCCCCCCCCc1ccc(-c2ccc(O)c([N+](=O)[O-])c2)cc1. The lowest BCUT2D eigenvalue weighted by Crippen LogP contribution is -1.90. The van der Waals surface area contributed by atoms with Gasteiger partial charge in [-0.3, -0.25) is 10.1 Å². The maximum absolute atomic E-state index is 11.0. The van der Waals surface area contributed by atoms with Gasteiger partial charge < -0.3 is 5.11 Å². The molecule has 4 heteroatoms. The summed E-state index contributed by atoms with van der Waals surface area (Å²) in [5.74, 6) is -0.301. The van der Waals surface area contributed by atoms with Crippen molar-refractivity contribution in [1.29, 1.82) is 0 Å². The van der Waals surface area contributed by atoms with E-state index in [9.17, 15) is 15.2 Å². The van der Waals surface area contributed by atoms with Gasteiger partial charge in [-0.05, 0) is 35.6 Å². The summed E-state index contributed by atoms with van der Waals surface area (Å²) in [6.45, 7) is 2.24. The van der Waals surface area contributed by atoms with Crippen molar-refractivity contribution in [1.82, 2.24) is 0 Å². The molecule has 0 aliphatic carbocycles. The second-order valence-corrected chi connectivity index (χ2v) is 6.88. The molecule has 0 amide bonds. The number of unbranched alkanes of at least 4 members (excludes halogenated alkanes) is 7. The highest BCUT2D eigenvalue weighted by Crippen LogP contribution is 2.31. The van der Waals surface area contributed by atoms with Crippen LogP contribution in [0.1, 0.15) is 63.9 Å². The van der Waals surface area contributed by atoms with Gasteiger partial charge in [-0.1, -0.05) is 82.2 Å². The summed E-state index contributed by atoms with van der Waals surface area (Å²) in [6, 6.07) is 12.7. The molecule has 4 nitrogen and oxygen atoms in total. The second kappa shape index (κ2) is 10.6. The Balaban J connectivity index is 1.81. The normalized spacial score (nSPS) is 10.8. The van der Waals surface area contributed by atoms with Crippen molar-refractivity contribution < 1.29 is 10.0 Å². The third kappa shape index (κ3) is 6.17. The fourth-order valence-corrected chi connectivity index (χ4v) is 3.18. The maximum atomic E-state index is 11.0. The first-order valence-electron chi connectivity index (χ1n) is 9.68. The molecule has 0 atom stereocenters. The van der Waals surface area contributed by atoms with Crippen LogP contribution in [0.15, 0.2) is 42.5 Å². The topological polar surface area (TPSA) is 63.4 Å². The van der Waals surface area contributed by atoms with E-state index in [0.29, 0.717) is 0 Å². The molecular weight excluding hydrogens is 326 g/mol. The number of nitro groups is 1. The minimum Gasteiger partial charge on any atom is -0.502 e. The Morgan fingerprint density at radius 1 is 0.846 bits per heavy atom. The number of aryl methyl sites for hydroxylation is 1. The number of benzene rings is 2. The van der Waals surface area contributed by atoms with Crippen molar-refractivity contribution in [3.05, 3.63) is 58.1 Å². The van der Waals surface area contributed by atoms with Crippen LogP contribution in [0.4, 0.5) is 5.69 Å². The molecule has 0 unspecified atom stereocenters. The number of nitro benzene ring substituents is 1. The maximum Gasteiger partial charge on any atom is 0.311 e. The van der Waals surface area contributed by atoms with Crippen LogP contribution in [0.2, 0.25) is 0 Å².